The minimum absolute atomic E-state index is 0.0312. The van der Waals surface area contributed by atoms with Gasteiger partial charge in [0.1, 0.15) is 0 Å². The molecule has 0 unspecified atom stereocenters. The Bertz CT molecular complexity index is 442. The summed E-state index contributed by atoms with van der Waals surface area (Å²) in [5, 5.41) is 8.86. The van der Waals surface area contributed by atoms with Crippen LogP contribution >= 0.6 is 0 Å². The Morgan fingerprint density at radius 3 is 2.75 bits per heavy atom. The molecule has 0 aliphatic carbocycles. The van der Waals surface area contributed by atoms with E-state index in [0.717, 1.165) is 5.56 Å². The largest absolute Gasteiger partial charge is 0.481 e. The van der Waals surface area contributed by atoms with Crippen LogP contribution in [0.2, 0.25) is 0 Å². The number of carboxylic acids is 1. The Hall–Kier alpha value is -1.84. The molecule has 1 amide bonds. The van der Waals surface area contributed by atoms with Crippen LogP contribution in [0, 0.1) is 0 Å². The number of hydrogen-bond acceptors (Lipinski definition) is 2. The predicted molar refractivity (Wildman–Crippen MR) is 58.1 cm³/mol. The highest BCUT2D eigenvalue weighted by Crippen LogP contribution is 2.35. The molecule has 0 fully saturated rings. The molecule has 0 spiro atoms. The molecule has 0 saturated heterocycles. The Morgan fingerprint density at radius 1 is 1.44 bits per heavy atom. The van der Waals surface area contributed by atoms with Crippen molar-refractivity contribution in [2.75, 3.05) is 6.54 Å². The van der Waals surface area contributed by atoms with Gasteiger partial charge in [-0.15, -0.1) is 0 Å². The average molecular weight is 219 g/mol. The normalized spacial score (nSPS) is 18.7. The molecule has 0 radical (unpaired) electrons. The number of aliphatic carboxylic acids is 1. The van der Waals surface area contributed by atoms with Gasteiger partial charge in [-0.05, 0) is 18.6 Å². The van der Waals surface area contributed by atoms with E-state index in [1.807, 2.05) is 19.1 Å². The summed E-state index contributed by atoms with van der Waals surface area (Å²) in [4.78, 5) is 24.4. The van der Waals surface area contributed by atoms with Gasteiger partial charge < -0.3 is 10.0 Å². The van der Waals surface area contributed by atoms with Crippen molar-refractivity contribution in [1.29, 1.82) is 0 Å². The molecule has 1 aliphatic rings. The van der Waals surface area contributed by atoms with Gasteiger partial charge in [0.2, 0.25) is 0 Å². The molecule has 4 heteroatoms. The van der Waals surface area contributed by atoms with Gasteiger partial charge in [-0.25, -0.2) is 0 Å². The van der Waals surface area contributed by atoms with E-state index >= 15 is 0 Å². The summed E-state index contributed by atoms with van der Waals surface area (Å²) >= 11 is 0. The molecule has 1 N–H and O–H groups in total. The van der Waals surface area contributed by atoms with Crippen molar-refractivity contribution in [2.24, 2.45) is 0 Å². The van der Waals surface area contributed by atoms with Crippen LogP contribution in [0.3, 0.4) is 0 Å². The van der Waals surface area contributed by atoms with E-state index in [9.17, 15) is 9.59 Å². The number of carbonyl (C=O) groups excluding carboxylic acids is 1. The maximum absolute atomic E-state index is 12.0. The van der Waals surface area contributed by atoms with Crippen LogP contribution < -0.4 is 0 Å². The monoisotopic (exact) mass is 219 g/mol. The van der Waals surface area contributed by atoms with Crippen molar-refractivity contribution >= 4 is 11.9 Å². The molecule has 16 heavy (non-hydrogen) atoms. The standard InChI is InChI=1S/C12H13NO3/c1-2-13-10(7-11(14)15)8-5-3-4-6-9(8)12(13)16/h3-6,10H,2,7H2,1H3,(H,14,15)/t10-/m0/s1. The molecule has 84 valence electrons. The summed E-state index contributed by atoms with van der Waals surface area (Å²) in [7, 11) is 0. The topological polar surface area (TPSA) is 57.6 Å². The van der Waals surface area contributed by atoms with Gasteiger partial charge in [0, 0.05) is 12.1 Å². The number of carbonyl (C=O) groups is 2. The van der Waals surface area contributed by atoms with Gasteiger partial charge in [0.15, 0.2) is 0 Å². The lowest BCUT2D eigenvalue weighted by molar-refractivity contribution is -0.138. The first kappa shape index (κ1) is 10.7. The SMILES string of the molecule is CCN1C(=O)c2ccccc2[C@@H]1CC(=O)O. The summed E-state index contributed by atoms with van der Waals surface area (Å²) in [6.45, 7) is 2.39. The number of carboxylic acid groups (broad SMARTS) is 1. The first-order valence-corrected chi connectivity index (χ1v) is 5.26. The molecular formula is C12H13NO3. The van der Waals surface area contributed by atoms with Crippen molar-refractivity contribution in [3.05, 3.63) is 35.4 Å². The number of fused-ring (bicyclic) bond motifs is 1. The third-order valence-electron chi connectivity index (χ3n) is 2.90. The third kappa shape index (κ3) is 1.56. The molecule has 0 bridgehead atoms. The Kier molecular flexibility index (Phi) is 2.64. The molecule has 1 atom stereocenters. The highest BCUT2D eigenvalue weighted by molar-refractivity contribution is 5.99. The van der Waals surface area contributed by atoms with Gasteiger partial charge >= 0.3 is 5.97 Å². The Balaban J connectivity index is 2.42. The van der Waals surface area contributed by atoms with Gasteiger partial charge in [-0.2, -0.15) is 0 Å². The zero-order valence-electron chi connectivity index (χ0n) is 9.01. The van der Waals surface area contributed by atoms with Crippen LogP contribution in [-0.2, 0) is 4.79 Å². The first-order chi connectivity index (χ1) is 7.65. The van der Waals surface area contributed by atoms with E-state index < -0.39 is 5.97 Å². The summed E-state index contributed by atoms with van der Waals surface area (Å²) in [6.07, 6.45) is -0.0312. The molecule has 1 heterocycles. The smallest absolute Gasteiger partial charge is 0.305 e. The van der Waals surface area contributed by atoms with E-state index in [0.29, 0.717) is 12.1 Å². The van der Waals surface area contributed by atoms with Gasteiger partial charge in [0.05, 0.1) is 12.5 Å². The van der Waals surface area contributed by atoms with E-state index in [-0.39, 0.29) is 18.4 Å². The second-order valence-electron chi connectivity index (χ2n) is 3.79. The maximum atomic E-state index is 12.0. The van der Waals surface area contributed by atoms with E-state index in [1.54, 1.807) is 17.0 Å². The van der Waals surface area contributed by atoms with E-state index in [2.05, 4.69) is 0 Å². The lowest BCUT2D eigenvalue weighted by Gasteiger charge is -2.22. The zero-order chi connectivity index (χ0) is 11.7. The lowest BCUT2D eigenvalue weighted by atomic mass is 10.0. The van der Waals surface area contributed by atoms with Gasteiger partial charge in [-0.1, -0.05) is 18.2 Å². The molecule has 0 saturated carbocycles. The summed E-state index contributed by atoms with van der Waals surface area (Å²) < 4.78 is 0. The second kappa shape index (κ2) is 3.96. The predicted octanol–water partition coefficient (Wildman–Crippen LogP) is 1.68. The molecule has 1 aromatic carbocycles. The molecule has 1 aromatic rings. The third-order valence-corrected chi connectivity index (χ3v) is 2.90. The molecule has 4 nitrogen and oxygen atoms in total. The van der Waals surface area contributed by atoms with Crippen molar-refractivity contribution in [3.63, 3.8) is 0 Å². The minimum atomic E-state index is -0.882. The molecule has 0 aromatic heterocycles. The fraction of sp³-hybridized carbons (Fsp3) is 0.333. The molecule has 2 rings (SSSR count). The lowest BCUT2D eigenvalue weighted by Crippen LogP contribution is -2.29. The minimum Gasteiger partial charge on any atom is -0.481 e. The van der Waals surface area contributed by atoms with Crippen molar-refractivity contribution < 1.29 is 14.7 Å². The van der Waals surface area contributed by atoms with Crippen molar-refractivity contribution in [3.8, 4) is 0 Å². The van der Waals surface area contributed by atoms with Crippen LogP contribution in [0.1, 0.15) is 35.3 Å². The van der Waals surface area contributed by atoms with Crippen LogP contribution in [0.4, 0.5) is 0 Å². The number of amides is 1. The van der Waals surface area contributed by atoms with Gasteiger partial charge in [-0.3, -0.25) is 9.59 Å². The summed E-state index contributed by atoms with van der Waals surface area (Å²) in [5.74, 6) is -0.947. The van der Waals surface area contributed by atoms with Crippen molar-refractivity contribution in [1.82, 2.24) is 4.90 Å². The highest BCUT2D eigenvalue weighted by atomic mass is 16.4. The summed E-state index contributed by atoms with van der Waals surface area (Å²) in [6, 6.07) is 6.90. The Morgan fingerprint density at radius 2 is 2.12 bits per heavy atom. The fourth-order valence-corrected chi connectivity index (χ4v) is 2.20. The van der Waals surface area contributed by atoms with Crippen LogP contribution in [0.5, 0.6) is 0 Å². The fourth-order valence-electron chi connectivity index (χ4n) is 2.20. The zero-order valence-corrected chi connectivity index (χ0v) is 9.01. The number of hydrogen-bond donors (Lipinski definition) is 1. The first-order valence-electron chi connectivity index (χ1n) is 5.26. The van der Waals surface area contributed by atoms with Crippen LogP contribution in [0.25, 0.3) is 0 Å². The number of benzene rings is 1. The summed E-state index contributed by atoms with van der Waals surface area (Å²) in [5.41, 5.74) is 1.47. The molecule has 1 aliphatic heterocycles. The van der Waals surface area contributed by atoms with Crippen molar-refractivity contribution in [2.45, 2.75) is 19.4 Å². The molecular weight excluding hydrogens is 206 g/mol. The highest BCUT2D eigenvalue weighted by Gasteiger charge is 2.36. The van der Waals surface area contributed by atoms with E-state index in [4.69, 9.17) is 5.11 Å². The average Bonchev–Trinajstić information content (AvgIpc) is 2.52. The second-order valence-corrected chi connectivity index (χ2v) is 3.79. The van der Waals surface area contributed by atoms with E-state index in [1.165, 1.54) is 0 Å². The van der Waals surface area contributed by atoms with Crippen LogP contribution in [-0.4, -0.2) is 28.4 Å². The number of nitrogens with zero attached hydrogens (tertiary/aromatic N) is 1. The van der Waals surface area contributed by atoms with Crippen LogP contribution in [0.15, 0.2) is 24.3 Å². The quantitative estimate of drug-likeness (QED) is 0.841. The number of rotatable bonds is 3. The Labute approximate surface area is 93.5 Å². The maximum Gasteiger partial charge on any atom is 0.305 e. The van der Waals surface area contributed by atoms with Gasteiger partial charge in [0.25, 0.3) is 5.91 Å².